The van der Waals surface area contributed by atoms with Gasteiger partial charge in [0.2, 0.25) is 0 Å². The summed E-state index contributed by atoms with van der Waals surface area (Å²) in [6.07, 6.45) is 3.90. The highest BCUT2D eigenvalue weighted by molar-refractivity contribution is 5.89. The third-order valence-electron chi connectivity index (χ3n) is 5.12. The first-order valence-electron chi connectivity index (χ1n) is 9.75. The predicted octanol–water partition coefficient (Wildman–Crippen LogP) is 3.48. The van der Waals surface area contributed by atoms with E-state index in [2.05, 4.69) is 41.1 Å². The molecule has 5 heteroatoms. The predicted molar refractivity (Wildman–Crippen MR) is 104 cm³/mol. The summed E-state index contributed by atoms with van der Waals surface area (Å²) < 4.78 is 0. The summed E-state index contributed by atoms with van der Waals surface area (Å²) in [5.74, 6) is 0.679. The zero-order valence-electron chi connectivity index (χ0n) is 15.7. The number of carbonyl (C=O) groups excluding carboxylic acids is 1. The molecule has 2 saturated heterocycles. The fraction of sp³-hybridized carbons (Fsp3) is 0.650. The molecule has 2 aliphatic rings. The van der Waals surface area contributed by atoms with Gasteiger partial charge in [-0.3, -0.25) is 4.90 Å². The summed E-state index contributed by atoms with van der Waals surface area (Å²) >= 11 is 0. The number of rotatable bonds is 4. The second kappa shape index (κ2) is 8.56. The second-order valence-electron chi connectivity index (χ2n) is 7.71. The lowest BCUT2D eigenvalue weighted by molar-refractivity contribution is 0.138. The number of piperidine rings is 1. The van der Waals surface area contributed by atoms with Gasteiger partial charge in [-0.1, -0.05) is 13.8 Å². The average molecular weight is 345 g/mol. The minimum Gasteiger partial charge on any atom is -0.372 e. The zero-order chi connectivity index (χ0) is 17.6. The first kappa shape index (κ1) is 18.1. The molecule has 138 valence electrons. The summed E-state index contributed by atoms with van der Waals surface area (Å²) in [6, 6.07) is 8.33. The Morgan fingerprint density at radius 1 is 0.960 bits per heavy atom. The maximum atomic E-state index is 12.5. The second-order valence-corrected chi connectivity index (χ2v) is 7.71. The highest BCUT2D eigenvalue weighted by Crippen LogP contribution is 2.22. The largest absolute Gasteiger partial charge is 0.372 e. The van der Waals surface area contributed by atoms with E-state index < -0.39 is 0 Å². The quantitative estimate of drug-likeness (QED) is 0.909. The van der Waals surface area contributed by atoms with Crippen LogP contribution in [0.5, 0.6) is 0 Å². The zero-order valence-corrected chi connectivity index (χ0v) is 15.7. The van der Waals surface area contributed by atoms with Crippen LogP contribution in [0.15, 0.2) is 24.3 Å². The minimum atomic E-state index is 0.0231. The normalized spacial score (nSPS) is 19.3. The van der Waals surface area contributed by atoms with Crippen molar-refractivity contribution in [2.45, 2.75) is 33.1 Å². The standard InChI is InChI=1S/C20H32N4O/c1-17(2)16-22-12-14-24(15-13-22)20(25)21-18-6-8-19(9-7-18)23-10-4-3-5-11-23/h6-9,17H,3-5,10-16H2,1-2H3,(H,21,25). The number of urea groups is 1. The molecule has 2 amide bonds. The first-order chi connectivity index (χ1) is 12.1. The number of nitrogens with one attached hydrogen (secondary N) is 1. The molecule has 0 unspecified atom stereocenters. The van der Waals surface area contributed by atoms with E-state index in [4.69, 9.17) is 0 Å². The Hall–Kier alpha value is -1.75. The van der Waals surface area contributed by atoms with Gasteiger partial charge in [0.05, 0.1) is 0 Å². The Labute approximate surface area is 152 Å². The van der Waals surface area contributed by atoms with Crippen LogP contribution in [0.3, 0.4) is 0 Å². The molecule has 0 aliphatic carbocycles. The smallest absolute Gasteiger partial charge is 0.321 e. The molecule has 0 spiro atoms. The first-order valence-corrected chi connectivity index (χ1v) is 9.75. The highest BCUT2D eigenvalue weighted by Gasteiger charge is 2.21. The van der Waals surface area contributed by atoms with Crippen molar-refractivity contribution in [3.05, 3.63) is 24.3 Å². The Balaban J connectivity index is 1.48. The lowest BCUT2D eigenvalue weighted by Crippen LogP contribution is -2.50. The maximum absolute atomic E-state index is 12.5. The molecule has 1 aromatic rings. The van der Waals surface area contributed by atoms with Crippen molar-refractivity contribution in [3.63, 3.8) is 0 Å². The van der Waals surface area contributed by atoms with Crippen LogP contribution in [0.25, 0.3) is 0 Å². The van der Waals surface area contributed by atoms with Gasteiger partial charge >= 0.3 is 6.03 Å². The number of benzene rings is 1. The summed E-state index contributed by atoms with van der Waals surface area (Å²) in [7, 11) is 0. The fourth-order valence-corrected chi connectivity index (χ4v) is 3.76. The number of piperazine rings is 1. The van der Waals surface area contributed by atoms with Crippen LogP contribution in [0.2, 0.25) is 0 Å². The van der Waals surface area contributed by atoms with Gasteiger partial charge in [-0.05, 0) is 49.4 Å². The van der Waals surface area contributed by atoms with E-state index in [1.54, 1.807) is 0 Å². The molecule has 1 N–H and O–H groups in total. The maximum Gasteiger partial charge on any atom is 0.321 e. The lowest BCUT2D eigenvalue weighted by Gasteiger charge is -2.35. The molecule has 2 aliphatic heterocycles. The molecular weight excluding hydrogens is 312 g/mol. The number of nitrogens with zero attached hydrogens (tertiary/aromatic N) is 3. The topological polar surface area (TPSA) is 38.8 Å². The van der Waals surface area contributed by atoms with E-state index in [9.17, 15) is 4.79 Å². The molecule has 0 radical (unpaired) electrons. The molecule has 2 heterocycles. The van der Waals surface area contributed by atoms with Gasteiger partial charge in [0.25, 0.3) is 0 Å². The van der Waals surface area contributed by atoms with Gasteiger partial charge in [0.15, 0.2) is 0 Å². The van der Waals surface area contributed by atoms with Crippen LogP contribution in [-0.2, 0) is 0 Å². The van der Waals surface area contributed by atoms with Crippen LogP contribution in [-0.4, -0.2) is 61.6 Å². The van der Waals surface area contributed by atoms with E-state index in [1.807, 2.05) is 17.0 Å². The van der Waals surface area contributed by atoms with E-state index in [-0.39, 0.29) is 6.03 Å². The van der Waals surface area contributed by atoms with Crippen LogP contribution in [0.1, 0.15) is 33.1 Å². The van der Waals surface area contributed by atoms with Crippen molar-refractivity contribution in [1.29, 1.82) is 0 Å². The Morgan fingerprint density at radius 2 is 1.60 bits per heavy atom. The Kier molecular flexibility index (Phi) is 6.19. The van der Waals surface area contributed by atoms with Gasteiger partial charge in [-0.15, -0.1) is 0 Å². The third-order valence-corrected chi connectivity index (χ3v) is 5.12. The molecule has 5 nitrogen and oxygen atoms in total. The highest BCUT2D eigenvalue weighted by atomic mass is 16.2. The molecule has 3 rings (SSSR count). The number of carbonyl (C=O) groups is 1. The van der Waals surface area contributed by atoms with Crippen molar-refractivity contribution in [2.75, 3.05) is 56.0 Å². The van der Waals surface area contributed by atoms with Crippen molar-refractivity contribution in [1.82, 2.24) is 9.80 Å². The van der Waals surface area contributed by atoms with Gasteiger partial charge in [0.1, 0.15) is 0 Å². The van der Waals surface area contributed by atoms with Crippen LogP contribution >= 0.6 is 0 Å². The van der Waals surface area contributed by atoms with Crippen molar-refractivity contribution >= 4 is 17.4 Å². The lowest BCUT2D eigenvalue weighted by atomic mass is 10.1. The summed E-state index contributed by atoms with van der Waals surface area (Å²) in [5.41, 5.74) is 2.15. The Bertz CT molecular complexity index is 543. The van der Waals surface area contributed by atoms with E-state index >= 15 is 0 Å². The number of hydrogen-bond donors (Lipinski definition) is 1. The van der Waals surface area contributed by atoms with Gasteiger partial charge in [0, 0.05) is 57.2 Å². The van der Waals surface area contributed by atoms with Crippen LogP contribution in [0, 0.1) is 5.92 Å². The molecule has 25 heavy (non-hydrogen) atoms. The summed E-state index contributed by atoms with van der Waals surface area (Å²) in [6.45, 7) is 11.5. The van der Waals surface area contributed by atoms with Gasteiger partial charge < -0.3 is 15.1 Å². The number of anilines is 2. The molecule has 0 bridgehead atoms. The summed E-state index contributed by atoms with van der Waals surface area (Å²) in [4.78, 5) is 19.3. The molecule has 0 aromatic heterocycles. The minimum absolute atomic E-state index is 0.0231. The Morgan fingerprint density at radius 3 is 2.20 bits per heavy atom. The van der Waals surface area contributed by atoms with Crippen molar-refractivity contribution < 1.29 is 4.79 Å². The van der Waals surface area contributed by atoms with Gasteiger partial charge in [-0.2, -0.15) is 0 Å². The molecular formula is C20H32N4O. The van der Waals surface area contributed by atoms with E-state index in [0.717, 1.165) is 51.5 Å². The number of hydrogen-bond acceptors (Lipinski definition) is 3. The third kappa shape index (κ3) is 5.11. The summed E-state index contributed by atoms with van der Waals surface area (Å²) in [5, 5.41) is 3.05. The van der Waals surface area contributed by atoms with Crippen molar-refractivity contribution in [3.8, 4) is 0 Å². The van der Waals surface area contributed by atoms with E-state index in [1.165, 1.54) is 24.9 Å². The van der Waals surface area contributed by atoms with Crippen LogP contribution < -0.4 is 10.2 Å². The molecule has 2 fully saturated rings. The van der Waals surface area contributed by atoms with Gasteiger partial charge in [-0.25, -0.2) is 4.79 Å². The SMILES string of the molecule is CC(C)CN1CCN(C(=O)Nc2ccc(N3CCCCC3)cc2)CC1. The van der Waals surface area contributed by atoms with E-state index in [0.29, 0.717) is 5.92 Å². The molecule has 1 aromatic carbocycles. The molecule has 0 saturated carbocycles. The average Bonchev–Trinajstić information content (AvgIpc) is 2.63. The number of amides is 2. The monoisotopic (exact) mass is 344 g/mol. The van der Waals surface area contributed by atoms with Crippen molar-refractivity contribution in [2.24, 2.45) is 5.92 Å². The van der Waals surface area contributed by atoms with Crippen LogP contribution in [0.4, 0.5) is 16.2 Å². The fourth-order valence-electron chi connectivity index (χ4n) is 3.76. The molecule has 0 atom stereocenters.